The minimum Gasteiger partial charge on any atom is -0.496 e. The summed E-state index contributed by atoms with van der Waals surface area (Å²) in [4.78, 5) is 14.9. The maximum Gasteiger partial charge on any atom is 0.167 e. The smallest absolute Gasteiger partial charge is 0.167 e. The standard InChI is InChI=1S/C22H27NO4S/c1-27-22-6-4-3-5-19(22)15-21(24)18-9-7-17(8-10-18)16-23-13-11-20(12-14-23)28(2,25)26/h3-10,20H,11-16H2,1-2H3. The van der Waals surface area contributed by atoms with Gasteiger partial charge >= 0.3 is 0 Å². The molecule has 1 aliphatic rings. The van der Waals surface area contributed by atoms with Crippen LogP contribution < -0.4 is 4.74 Å². The highest BCUT2D eigenvalue weighted by Gasteiger charge is 2.26. The van der Waals surface area contributed by atoms with Gasteiger partial charge in [0.05, 0.1) is 12.4 Å². The van der Waals surface area contributed by atoms with E-state index in [0.29, 0.717) is 24.8 Å². The third-order valence-electron chi connectivity index (χ3n) is 5.37. The summed E-state index contributed by atoms with van der Waals surface area (Å²) in [7, 11) is -1.33. The van der Waals surface area contributed by atoms with Crippen molar-refractivity contribution in [3.05, 3.63) is 65.2 Å². The highest BCUT2D eigenvalue weighted by molar-refractivity contribution is 7.91. The SMILES string of the molecule is COc1ccccc1CC(=O)c1ccc(CN2CCC(S(C)(=O)=O)CC2)cc1. The minimum atomic E-state index is -2.94. The van der Waals surface area contributed by atoms with Gasteiger partial charge in [-0.3, -0.25) is 9.69 Å². The monoisotopic (exact) mass is 401 g/mol. The van der Waals surface area contributed by atoms with Crippen molar-refractivity contribution in [2.45, 2.75) is 31.1 Å². The molecule has 150 valence electrons. The molecule has 0 aromatic heterocycles. The van der Waals surface area contributed by atoms with Crippen molar-refractivity contribution in [2.24, 2.45) is 0 Å². The van der Waals surface area contributed by atoms with Gasteiger partial charge in [-0.2, -0.15) is 0 Å². The van der Waals surface area contributed by atoms with Crippen LogP contribution in [0.1, 0.15) is 34.3 Å². The Hall–Kier alpha value is -2.18. The minimum absolute atomic E-state index is 0.0602. The largest absolute Gasteiger partial charge is 0.496 e. The molecular formula is C22H27NO4S. The first-order valence-corrected chi connectivity index (χ1v) is 11.5. The Morgan fingerprint density at radius 3 is 2.32 bits per heavy atom. The van der Waals surface area contributed by atoms with Crippen molar-refractivity contribution in [1.29, 1.82) is 0 Å². The third-order valence-corrected chi connectivity index (χ3v) is 7.05. The van der Waals surface area contributed by atoms with Gasteiger partial charge in [0, 0.05) is 30.3 Å². The van der Waals surface area contributed by atoms with Gasteiger partial charge in [0.15, 0.2) is 5.78 Å². The predicted molar refractivity (Wildman–Crippen MR) is 111 cm³/mol. The molecule has 0 bridgehead atoms. The van der Waals surface area contributed by atoms with E-state index in [-0.39, 0.29) is 11.0 Å². The van der Waals surface area contributed by atoms with E-state index in [1.165, 1.54) is 6.26 Å². The van der Waals surface area contributed by atoms with Crippen LogP contribution in [0.4, 0.5) is 0 Å². The summed E-state index contributed by atoms with van der Waals surface area (Å²) in [6.45, 7) is 2.34. The first kappa shape index (κ1) is 20.6. The number of ketones is 1. The first-order chi connectivity index (χ1) is 13.4. The van der Waals surface area contributed by atoms with Crippen LogP contribution in [0.3, 0.4) is 0 Å². The lowest BCUT2D eigenvalue weighted by atomic mass is 10.0. The molecule has 1 saturated heterocycles. The predicted octanol–water partition coefficient (Wildman–Crippen LogP) is 3.13. The van der Waals surface area contributed by atoms with Crippen LogP contribution in [0.2, 0.25) is 0 Å². The molecular weight excluding hydrogens is 374 g/mol. The van der Waals surface area contributed by atoms with E-state index in [1.807, 2.05) is 48.5 Å². The van der Waals surface area contributed by atoms with Crippen molar-refractivity contribution in [3.63, 3.8) is 0 Å². The van der Waals surface area contributed by atoms with Crippen molar-refractivity contribution in [3.8, 4) is 5.75 Å². The Morgan fingerprint density at radius 2 is 1.71 bits per heavy atom. The van der Waals surface area contributed by atoms with Crippen LogP contribution >= 0.6 is 0 Å². The molecule has 1 aliphatic heterocycles. The van der Waals surface area contributed by atoms with Crippen LogP contribution in [-0.2, 0) is 22.8 Å². The van der Waals surface area contributed by atoms with Crippen LogP contribution in [0.15, 0.2) is 48.5 Å². The summed E-state index contributed by atoms with van der Waals surface area (Å²) in [6.07, 6.45) is 3.01. The zero-order valence-corrected chi connectivity index (χ0v) is 17.2. The van der Waals surface area contributed by atoms with Crippen molar-refractivity contribution < 1.29 is 17.9 Å². The number of nitrogens with zero attached hydrogens (tertiary/aromatic N) is 1. The number of carbonyl (C=O) groups excluding carboxylic acids is 1. The van der Waals surface area contributed by atoms with E-state index in [1.54, 1.807) is 7.11 Å². The van der Waals surface area contributed by atoms with Gasteiger partial charge in [0.25, 0.3) is 0 Å². The molecule has 0 amide bonds. The number of para-hydroxylation sites is 1. The van der Waals surface area contributed by atoms with Gasteiger partial charge < -0.3 is 4.74 Å². The average Bonchev–Trinajstić information content (AvgIpc) is 2.68. The summed E-state index contributed by atoms with van der Waals surface area (Å²) >= 11 is 0. The first-order valence-electron chi connectivity index (χ1n) is 9.52. The fourth-order valence-electron chi connectivity index (χ4n) is 3.67. The fraction of sp³-hybridized carbons (Fsp3) is 0.409. The maximum absolute atomic E-state index is 12.6. The number of hydrogen-bond donors (Lipinski definition) is 0. The van der Waals surface area contributed by atoms with E-state index in [0.717, 1.165) is 36.5 Å². The normalized spacial score (nSPS) is 16.1. The molecule has 0 atom stereocenters. The molecule has 2 aromatic rings. The summed E-state index contributed by atoms with van der Waals surface area (Å²) < 4.78 is 28.7. The molecule has 5 nitrogen and oxygen atoms in total. The number of hydrogen-bond acceptors (Lipinski definition) is 5. The van der Waals surface area contributed by atoms with Crippen LogP contribution in [0.5, 0.6) is 5.75 Å². The molecule has 0 spiro atoms. The number of sulfone groups is 1. The summed E-state index contributed by atoms with van der Waals surface area (Å²) in [5.41, 5.74) is 2.70. The molecule has 0 N–H and O–H groups in total. The molecule has 0 aliphatic carbocycles. The number of benzene rings is 2. The lowest BCUT2D eigenvalue weighted by molar-refractivity contribution is 0.0992. The van der Waals surface area contributed by atoms with E-state index in [4.69, 9.17) is 4.74 Å². The molecule has 0 radical (unpaired) electrons. The van der Waals surface area contributed by atoms with Crippen LogP contribution in [-0.4, -0.2) is 50.8 Å². The third kappa shape index (κ3) is 5.20. The average molecular weight is 402 g/mol. The van der Waals surface area contributed by atoms with Gasteiger partial charge in [-0.25, -0.2) is 8.42 Å². The zero-order chi connectivity index (χ0) is 20.1. The maximum atomic E-state index is 12.6. The Morgan fingerprint density at radius 1 is 1.07 bits per heavy atom. The number of ether oxygens (including phenoxy) is 1. The molecule has 0 unspecified atom stereocenters. The Balaban J connectivity index is 1.57. The lowest BCUT2D eigenvalue weighted by Gasteiger charge is -2.31. The highest BCUT2D eigenvalue weighted by Crippen LogP contribution is 2.21. The number of carbonyl (C=O) groups is 1. The zero-order valence-electron chi connectivity index (χ0n) is 16.4. The van der Waals surface area contributed by atoms with Gasteiger partial charge in [0.1, 0.15) is 15.6 Å². The Kier molecular flexibility index (Phi) is 6.52. The van der Waals surface area contributed by atoms with Crippen molar-refractivity contribution >= 4 is 15.6 Å². The highest BCUT2D eigenvalue weighted by atomic mass is 32.2. The summed E-state index contributed by atoms with van der Waals surface area (Å²) in [5, 5.41) is -0.210. The number of likely N-dealkylation sites (tertiary alicyclic amines) is 1. The topological polar surface area (TPSA) is 63.7 Å². The molecule has 2 aromatic carbocycles. The van der Waals surface area contributed by atoms with E-state index >= 15 is 0 Å². The number of methoxy groups -OCH3 is 1. The second kappa shape index (κ2) is 8.88. The van der Waals surface area contributed by atoms with Crippen LogP contribution in [0, 0.1) is 0 Å². The number of rotatable bonds is 7. The second-order valence-electron chi connectivity index (χ2n) is 7.41. The van der Waals surface area contributed by atoms with Gasteiger partial charge in [-0.15, -0.1) is 0 Å². The van der Waals surface area contributed by atoms with Gasteiger partial charge in [-0.05, 0) is 37.6 Å². The fourth-order valence-corrected chi connectivity index (χ4v) is 4.74. The van der Waals surface area contributed by atoms with Crippen molar-refractivity contribution in [2.75, 3.05) is 26.5 Å². The molecule has 0 saturated carbocycles. The Bertz CT molecular complexity index is 914. The lowest BCUT2D eigenvalue weighted by Crippen LogP contribution is -2.38. The van der Waals surface area contributed by atoms with Crippen molar-refractivity contribution in [1.82, 2.24) is 4.90 Å². The summed E-state index contributed by atoms with van der Waals surface area (Å²) in [5.74, 6) is 0.787. The quantitative estimate of drug-likeness (QED) is 0.667. The Labute approximate surface area is 167 Å². The summed E-state index contributed by atoms with van der Waals surface area (Å²) in [6, 6.07) is 15.3. The molecule has 1 fully saturated rings. The van der Waals surface area contributed by atoms with Crippen LogP contribution in [0.25, 0.3) is 0 Å². The number of piperidine rings is 1. The van der Waals surface area contributed by atoms with E-state index in [9.17, 15) is 13.2 Å². The van der Waals surface area contributed by atoms with Gasteiger partial charge in [0.2, 0.25) is 0 Å². The molecule has 28 heavy (non-hydrogen) atoms. The van der Waals surface area contributed by atoms with E-state index < -0.39 is 9.84 Å². The molecule has 3 rings (SSSR count). The van der Waals surface area contributed by atoms with Gasteiger partial charge in [-0.1, -0.05) is 42.5 Å². The molecule has 1 heterocycles. The number of Topliss-reactive ketones (excluding diaryl/α,β-unsaturated/α-hetero) is 1. The second-order valence-corrected chi connectivity index (χ2v) is 9.74. The molecule has 6 heteroatoms. The van der Waals surface area contributed by atoms with E-state index in [2.05, 4.69) is 4.90 Å².